The zero-order valence-corrected chi connectivity index (χ0v) is 24.1. The second kappa shape index (κ2) is 14.7. The normalized spacial score (nSPS) is 15.4. The van der Waals surface area contributed by atoms with Gasteiger partial charge in [0.05, 0.1) is 0 Å². The summed E-state index contributed by atoms with van der Waals surface area (Å²) in [5.74, 6) is 0. The summed E-state index contributed by atoms with van der Waals surface area (Å²) in [7, 11) is -1.54. The van der Waals surface area contributed by atoms with Crippen LogP contribution < -0.4 is 0 Å². The van der Waals surface area contributed by atoms with Gasteiger partial charge in [-0.25, -0.2) is 0 Å². The van der Waals surface area contributed by atoms with Crippen LogP contribution in [-0.2, 0) is 4.43 Å². The fraction of sp³-hybridized carbons (Fsp3) is 0.917. The summed E-state index contributed by atoms with van der Waals surface area (Å²) in [6, 6.07) is 0. The van der Waals surface area contributed by atoms with E-state index in [0.717, 1.165) is 0 Å². The van der Waals surface area contributed by atoms with Gasteiger partial charge in [-0.3, -0.25) is 0 Å². The van der Waals surface area contributed by atoms with Gasteiger partial charge in [-0.05, 0) is 0 Å². The molecule has 0 spiro atoms. The number of hydrogen-bond donors (Lipinski definition) is 0. The van der Waals surface area contributed by atoms with Crippen molar-refractivity contribution in [2.45, 2.75) is 135 Å². The second-order valence-electron chi connectivity index (χ2n) is 10.0. The molecule has 1 atom stereocenters. The first kappa shape index (κ1) is 27.7. The number of hydrogen-bond acceptors (Lipinski definition) is 1. The van der Waals surface area contributed by atoms with Crippen molar-refractivity contribution in [3.8, 4) is 0 Å². The Morgan fingerprint density at radius 2 is 1.22 bits per heavy atom. The molecule has 0 saturated carbocycles. The molecular formula is C24H52OSiSn. The molecule has 0 radical (unpaired) electrons. The van der Waals surface area contributed by atoms with Gasteiger partial charge < -0.3 is 0 Å². The Balaban J connectivity index is 5.31. The van der Waals surface area contributed by atoms with Crippen LogP contribution in [0.3, 0.4) is 0 Å². The second-order valence-corrected chi connectivity index (χ2v) is 28.5. The Morgan fingerprint density at radius 1 is 0.778 bits per heavy atom. The van der Waals surface area contributed by atoms with Crippen molar-refractivity contribution in [2.24, 2.45) is 0 Å². The molecule has 27 heavy (non-hydrogen) atoms. The van der Waals surface area contributed by atoms with Crippen LogP contribution in [0.2, 0.25) is 37.4 Å². The predicted molar refractivity (Wildman–Crippen MR) is 131 cm³/mol. The average molecular weight is 503 g/mol. The van der Waals surface area contributed by atoms with Gasteiger partial charge in [0.15, 0.2) is 0 Å². The molecular weight excluding hydrogens is 451 g/mol. The van der Waals surface area contributed by atoms with E-state index in [1.54, 1.807) is 13.3 Å². The maximum absolute atomic E-state index is 6.66. The molecule has 0 aliphatic rings. The van der Waals surface area contributed by atoms with Crippen molar-refractivity contribution in [1.82, 2.24) is 0 Å². The Hall–Kier alpha value is 0.716. The number of rotatable bonds is 17. The van der Waals surface area contributed by atoms with Crippen LogP contribution in [0, 0.1) is 0 Å². The number of allylic oxidation sites excluding steroid dienone is 1. The van der Waals surface area contributed by atoms with Crippen molar-refractivity contribution in [3.05, 3.63) is 12.2 Å². The Bertz CT molecular complexity index is 367. The van der Waals surface area contributed by atoms with E-state index in [1.165, 1.54) is 62.2 Å². The molecule has 0 aromatic heterocycles. The van der Waals surface area contributed by atoms with Crippen LogP contribution in [0.1, 0.15) is 92.4 Å². The van der Waals surface area contributed by atoms with Gasteiger partial charge in [0.2, 0.25) is 0 Å². The van der Waals surface area contributed by atoms with Gasteiger partial charge in [-0.1, -0.05) is 0 Å². The molecule has 0 heterocycles. The summed E-state index contributed by atoms with van der Waals surface area (Å²) < 4.78 is 12.9. The Labute approximate surface area is 178 Å². The van der Waals surface area contributed by atoms with Crippen molar-refractivity contribution in [2.75, 3.05) is 0 Å². The van der Waals surface area contributed by atoms with Gasteiger partial charge in [0.1, 0.15) is 0 Å². The molecule has 3 heteroatoms. The van der Waals surface area contributed by atoms with Crippen molar-refractivity contribution in [1.29, 1.82) is 0 Å². The first-order chi connectivity index (χ1) is 12.7. The van der Waals surface area contributed by atoms with E-state index < -0.39 is 26.7 Å². The van der Waals surface area contributed by atoms with Crippen molar-refractivity contribution < 1.29 is 4.43 Å². The fourth-order valence-corrected chi connectivity index (χ4v) is 21.0. The minimum atomic E-state index is -2.05. The molecule has 162 valence electrons. The topological polar surface area (TPSA) is 9.23 Å². The molecule has 0 aliphatic carbocycles. The SMILES string of the molecule is CCCCC(C)(C=C[CH2][Sn]([CH2]CCC)([CH2]CCC)[CH2]CCC)O[Si](C)(C)C. The summed E-state index contributed by atoms with van der Waals surface area (Å²) in [4.78, 5) is 0. The van der Waals surface area contributed by atoms with Gasteiger partial charge >= 0.3 is 179 Å². The molecule has 1 unspecified atom stereocenters. The minimum absolute atomic E-state index is 0.0433. The summed E-state index contributed by atoms with van der Waals surface area (Å²) in [6.45, 7) is 18.7. The molecule has 0 saturated heterocycles. The maximum atomic E-state index is 6.66. The van der Waals surface area contributed by atoms with Crippen LogP contribution in [0.4, 0.5) is 0 Å². The monoisotopic (exact) mass is 504 g/mol. The molecule has 1 nitrogen and oxygen atoms in total. The van der Waals surface area contributed by atoms with Crippen LogP contribution >= 0.6 is 0 Å². The summed E-state index contributed by atoms with van der Waals surface area (Å²) in [5.41, 5.74) is -0.0433. The number of unbranched alkanes of at least 4 members (excludes halogenated alkanes) is 4. The van der Waals surface area contributed by atoms with Gasteiger partial charge in [0, 0.05) is 0 Å². The van der Waals surface area contributed by atoms with Gasteiger partial charge in [0.25, 0.3) is 0 Å². The third-order valence-electron chi connectivity index (χ3n) is 5.77. The zero-order chi connectivity index (χ0) is 20.8. The third kappa shape index (κ3) is 13.5. The molecule has 0 aromatic rings. The fourth-order valence-electron chi connectivity index (χ4n) is 4.29. The quantitative estimate of drug-likeness (QED) is 0.142. The van der Waals surface area contributed by atoms with Gasteiger partial charge in [-0.15, -0.1) is 0 Å². The van der Waals surface area contributed by atoms with E-state index in [1.807, 2.05) is 0 Å². The van der Waals surface area contributed by atoms with E-state index in [9.17, 15) is 0 Å². The first-order valence-corrected chi connectivity index (χ1v) is 23.5. The molecule has 0 fully saturated rings. The van der Waals surface area contributed by atoms with Crippen molar-refractivity contribution >= 4 is 26.7 Å². The van der Waals surface area contributed by atoms with Crippen LogP contribution in [0.15, 0.2) is 12.2 Å². The standard InChI is InChI=1S/C12H25OSi.3C4H9.Sn/c1-7-9-11-12(3,10-8-2)13-14(4,5)6;3*1-3-4-2;/h8,10H,2,7,9,11H2,1,3-6H3;3*1,3-4H2,2H3;. The molecule has 0 bridgehead atoms. The van der Waals surface area contributed by atoms with Crippen LogP contribution in [0.25, 0.3) is 0 Å². The van der Waals surface area contributed by atoms with Crippen LogP contribution in [-0.4, -0.2) is 32.3 Å². The van der Waals surface area contributed by atoms with E-state index >= 15 is 0 Å². The Kier molecular flexibility index (Phi) is 15.0. The zero-order valence-electron chi connectivity index (χ0n) is 20.3. The molecule has 0 aliphatic heterocycles. The Morgan fingerprint density at radius 3 is 1.59 bits per heavy atom. The molecule has 0 amide bonds. The van der Waals surface area contributed by atoms with Gasteiger partial charge in [-0.2, -0.15) is 0 Å². The van der Waals surface area contributed by atoms with E-state index in [4.69, 9.17) is 4.43 Å². The van der Waals surface area contributed by atoms with E-state index in [0.29, 0.717) is 0 Å². The average Bonchev–Trinajstić information content (AvgIpc) is 2.59. The third-order valence-corrected chi connectivity index (χ3v) is 22.1. The summed E-state index contributed by atoms with van der Waals surface area (Å²) in [6.07, 6.45) is 17.3. The first-order valence-electron chi connectivity index (χ1n) is 12.0. The molecule has 0 aromatic carbocycles. The van der Waals surface area contributed by atoms with E-state index in [2.05, 4.69) is 66.4 Å². The summed E-state index contributed by atoms with van der Waals surface area (Å²) in [5, 5.41) is 0. The van der Waals surface area contributed by atoms with Crippen molar-refractivity contribution in [3.63, 3.8) is 0 Å². The van der Waals surface area contributed by atoms with E-state index in [-0.39, 0.29) is 5.60 Å². The predicted octanol–water partition coefficient (Wildman–Crippen LogP) is 9.19. The molecule has 0 N–H and O–H groups in total. The molecule has 0 rings (SSSR count). The summed E-state index contributed by atoms with van der Waals surface area (Å²) >= 11 is -2.05. The van der Waals surface area contributed by atoms with Crippen LogP contribution in [0.5, 0.6) is 0 Å².